The molecule has 19 heavy (non-hydrogen) atoms. The van der Waals surface area contributed by atoms with Gasteiger partial charge < -0.3 is 5.32 Å². The van der Waals surface area contributed by atoms with Crippen molar-refractivity contribution in [3.8, 4) is 6.07 Å². The molecule has 7 heteroatoms. The Labute approximate surface area is 113 Å². The van der Waals surface area contributed by atoms with Gasteiger partial charge in [0.05, 0.1) is 0 Å². The summed E-state index contributed by atoms with van der Waals surface area (Å²) in [6.07, 6.45) is 3.45. The van der Waals surface area contributed by atoms with E-state index in [9.17, 15) is 8.42 Å². The Morgan fingerprint density at radius 2 is 2.42 bits per heavy atom. The van der Waals surface area contributed by atoms with Crippen molar-refractivity contribution >= 4 is 10.0 Å². The van der Waals surface area contributed by atoms with Gasteiger partial charge in [-0.2, -0.15) is 9.57 Å². The summed E-state index contributed by atoms with van der Waals surface area (Å²) in [4.78, 5) is 3.77. The number of nitriles is 1. The second kappa shape index (κ2) is 5.65. The first-order chi connectivity index (χ1) is 9.05. The first-order valence-corrected chi connectivity index (χ1v) is 7.54. The molecule has 6 nitrogen and oxygen atoms in total. The zero-order valence-corrected chi connectivity index (χ0v) is 11.5. The summed E-state index contributed by atoms with van der Waals surface area (Å²) in [5, 5.41) is 12.2. The van der Waals surface area contributed by atoms with Crippen LogP contribution in [0.3, 0.4) is 0 Å². The molecule has 1 N–H and O–H groups in total. The predicted molar refractivity (Wildman–Crippen MR) is 69.8 cm³/mol. The molecule has 0 spiro atoms. The second-order valence-corrected chi connectivity index (χ2v) is 6.55. The van der Waals surface area contributed by atoms with E-state index in [0.29, 0.717) is 6.54 Å². The summed E-state index contributed by atoms with van der Waals surface area (Å²) in [5.41, 5.74) is -0.0614. The maximum atomic E-state index is 12.4. The quantitative estimate of drug-likeness (QED) is 0.858. The molecular formula is C12H16N4O2S. The molecule has 1 fully saturated rings. The number of hydrogen-bond acceptors (Lipinski definition) is 5. The van der Waals surface area contributed by atoms with Crippen molar-refractivity contribution in [2.24, 2.45) is 0 Å². The second-order valence-electron chi connectivity index (χ2n) is 4.54. The van der Waals surface area contributed by atoms with E-state index < -0.39 is 10.0 Å². The highest BCUT2D eigenvalue weighted by Crippen LogP contribution is 2.18. The van der Waals surface area contributed by atoms with Crippen LogP contribution in [0.1, 0.15) is 18.5 Å². The summed E-state index contributed by atoms with van der Waals surface area (Å²) in [6.45, 7) is 1.33. The van der Waals surface area contributed by atoms with Gasteiger partial charge in [0.25, 0.3) is 0 Å². The number of nitrogens with one attached hydrogen (secondary N) is 1. The Hall–Kier alpha value is -1.49. The third kappa shape index (κ3) is 2.92. The molecule has 0 amide bonds. The number of rotatable bonds is 4. The molecule has 0 radical (unpaired) electrons. The van der Waals surface area contributed by atoms with Gasteiger partial charge in [0, 0.05) is 25.8 Å². The van der Waals surface area contributed by atoms with Crippen molar-refractivity contribution in [1.82, 2.24) is 14.6 Å². The Morgan fingerprint density at radius 1 is 1.63 bits per heavy atom. The molecule has 0 bridgehead atoms. The fraction of sp³-hybridized carbons (Fsp3) is 0.500. The van der Waals surface area contributed by atoms with E-state index in [4.69, 9.17) is 5.26 Å². The highest BCUT2D eigenvalue weighted by Gasteiger charge is 2.27. The number of pyridine rings is 1. The summed E-state index contributed by atoms with van der Waals surface area (Å²) in [7, 11) is -2.13. The van der Waals surface area contributed by atoms with E-state index >= 15 is 0 Å². The average Bonchev–Trinajstić information content (AvgIpc) is 2.91. The van der Waals surface area contributed by atoms with Crippen LogP contribution in [0.4, 0.5) is 0 Å². The van der Waals surface area contributed by atoms with Gasteiger partial charge in [-0.1, -0.05) is 0 Å². The van der Waals surface area contributed by atoms with Gasteiger partial charge in [-0.25, -0.2) is 13.4 Å². The van der Waals surface area contributed by atoms with Crippen molar-refractivity contribution < 1.29 is 8.42 Å². The standard InChI is InChI=1S/C12H16N4O2S/c1-16(9-10-4-2-6-14-10)19(17,18)12-5-3-7-15-11(12)8-13/h3,5,7,10,14H,2,4,6,9H2,1H3. The molecule has 2 rings (SSSR count). The van der Waals surface area contributed by atoms with Gasteiger partial charge >= 0.3 is 0 Å². The van der Waals surface area contributed by atoms with Crippen LogP contribution in [0.5, 0.6) is 0 Å². The van der Waals surface area contributed by atoms with Crippen molar-refractivity contribution in [2.45, 2.75) is 23.8 Å². The smallest absolute Gasteiger partial charge is 0.245 e. The van der Waals surface area contributed by atoms with Crippen LogP contribution in [0.2, 0.25) is 0 Å². The Balaban J connectivity index is 2.23. The van der Waals surface area contributed by atoms with Crippen LogP contribution < -0.4 is 5.32 Å². The van der Waals surface area contributed by atoms with Gasteiger partial charge in [-0.3, -0.25) is 0 Å². The van der Waals surface area contributed by atoms with Crippen LogP contribution in [0, 0.1) is 11.3 Å². The molecule has 1 aromatic heterocycles. The molecule has 1 aromatic rings. The summed E-state index contributed by atoms with van der Waals surface area (Å²) >= 11 is 0. The molecule has 102 valence electrons. The van der Waals surface area contributed by atoms with E-state index in [0.717, 1.165) is 19.4 Å². The van der Waals surface area contributed by atoms with E-state index in [1.807, 2.05) is 6.07 Å². The van der Waals surface area contributed by atoms with E-state index in [-0.39, 0.29) is 16.6 Å². The maximum Gasteiger partial charge on any atom is 0.245 e. The van der Waals surface area contributed by atoms with Gasteiger partial charge in [0.15, 0.2) is 5.69 Å². The number of aromatic nitrogens is 1. The zero-order valence-electron chi connectivity index (χ0n) is 10.7. The lowest BCUT2D eigenvalue weighted by Crippen LogP contribution is -2.38. The third-order valence-corrected chi connectivity index (χ3v) is 5.06. The van der Waals surface area contributed by atoms with Crippen molar-refractivity contribution in [3.05, 3.63) is 24.0 Å². The fourth-order valence-electron chi connectivity index (χ4n) is 2.17. The van der Waals surface area contributed by atoms with Gasteiger partial charge in [0.1, 0.15) is 11.0 Å². The fourth-order valence-corrected chi connectivity index (χ4v) is 3.48. The molecule has 2 heterocycles. The normalized spacial score (nSPS) is 19.5. The van der Waals surface area contributed by atoms with Gasteiger partial charge in [-0.05, 0) is 31.5 Å². The molecule has 1 aliphatic heterocycles. The number of sulfonamides is 1. The van der Waals surface area contributed by atoms with Crippen LogP contribution >= 0.6 is 0 Å². The number of hydrogen-bond donors (Lipinski definition) is 1. The molecule has 1 saturated heterocycles. The Kier molecular flexibility index (Phi) is 4.14. The minimum atomic E-state index is -3.66. The first kappa shape index (κ1) is 13.9. The molecule has 1 atom stereocenters. The monoisotopic (exact) mass is 280 g/mol. The molecule has 1 unspecified atom stereocenters. The van der Waals surface area contributed by atoms with Crippen molar-refractivity contribution in [2.75, 3.05) is 20.1 Å². The minimum absolute atomic E-state index is 0.0296. The van der Waals surface area contributed by atoms with Crippen LogP contribution in [-0.4, -0.2) is 43.9 Å². The topological polar surface area (TPSA) is 86.1 Å². The minimum Gasteiger partial charge on any atom is -0.313 e. The molecule has 0 saturated carbocycles. The van der Waals surface area contributed by atoms with Crippen molar-refractivity contribution in [3.63, 3.8) is 0 Å². The molecule has 0 aromatic carbocycles. The van der Waals surface area contributed by atoms with Gasteiger partial charge in [-0.15, -0.1) is 0 Å². The number of likely N-dealkylation sites (N-methyl/N-ethyl adjacent to an activating group) is 1. The highest BCUT2D eigenvalue weighted by molar-refractivity contribution is 7.89. The van der Waals surface area contributed by atoms with E-state index in [1.54, 1.807) is 0 Å². The van der Waals surface area contributed by atoms with E-state index in [1.165, 1.54) is 29.7 Å². The summed E-state index contributed by atoms with van der Waals surface area (Å²) < 4.78 is 26.1. The van der Waals surface area contributed by atoms with Gasteiger partial charge in [0.2, 0.25) is 10.0 Å². The molecule has 0 aliphatic carbocycles. The lowest BCUT2D eigenvalue weighted by Gasteiger charge is -2.21. The largest absolute Gasteiger partial charge is 0.313 e. The SMILES string of the molecule is CN(CC1CCCN1)S(=O)(=O)c1cccnc1C#N. The first-order valence-electron chi connectivity index (χ1n) is 6.10. The summed E-state index contributed by atoms with van der Waals surface area (Å²) in [5.74, 6) is 0. The van der Waals surface area contributed by atoms with Crippen LogP contribution in [-0.2, 0) is 10.0 Å². The lowest BCUT2D eigenvalue weighted by atomic mass is 10.2. The van der Waals surface area contributed by atoms with E-state index in [2.05, 4.69) is 10.3 Å². The zero-order chi connectivity index (χ0) is 13.9. The van der Waals surface area contributed by atoms with Crippen molar-refractivity contribution in [1.29, 1.82) is 5.26 Å². The Bertz CT molecular complexity index is 588. The average molecular weight is 280 g/mol. The number of nitrogens with zero attached hydrogens (tertiary/aromatic N) is 3. The highest BCUT2D eigenvalue weighted by atomic mass is 32.2. The third-order valence-electron chi connectivity index (χ3n) is 3.20. The molecular weight excluding hydrogens is 264 g/mol. The predicted octanol–water partition coefficient (Wildman–Crippen LogP) is 0.326. The Morgan fingerprint density at radius 3 is 3.05 bits per heavy atom. The maximum absolute atomic E-state index is 12.4. The van der Waals surface area contributed by atoms with Crippen LogP contribution in [0.15, 0.2) is 23.2 Å². The lowest BCUT2D eigenvalue weighted by molar-refractivity contribution is 0.417. The molecule has 1 aliphatic rings. The van der Waals surface area contributed by atoms with Crippen LogP contribution in [0.25, 0.3) is 0 Å². The summed E-state index contributed by atoms with van der Waals surface area (Å²) in [6, 6.07) is 4.94.